The van der Waals surface area contributed by atoms with Gasteiger partial charge in [-0.05, 0) is 42.7 Å². The molecule has 0 aliphatic carbocycles. The largest absolute Gasteiger partial charge is 0.493 e. The van der Waals surface area contributed by atoms with Crippen LogP contribution < -0.4 is 19.5 Å². The second kappa shape index (κ2) is 10.4. The monoisotopic (exact) mass is 461 g/mol. The zero-order valence-corrected chi connectivity index (χ0v) is 18.8. The third-order valence-corrected chi connectivity index (χ3v) is 4.96. The van der Waals surface area contributed by atoms with Crippen molar-refractivity contribution in [2.75, 3.05) is 32.2 Å². The quantitative estimate of drug-likeness (QED) is 0.442. The van der Waals surface area contributed by atoms with Gasteiger partial charge < -0.3 is 24.3 Å². The number of ketones is 1. The van der Waals surface area contributed by atoms with E-state index in [1.807, 2.05) is 0 Å². The molecular formula is C23H24ClNO7. The lowest BCUT2D eigenvalue weighted by Crippen LogP contribution is -2.25. The van der Waals surface area contributed by atoms with Crippen LogP contribution in [0.1, 0.15) is 41.0 Å². The summed E-state index contributed by atoms with van der Waals surface area (Å²) in [6.45, 7) is 4.05. The van der Waals surface area contributed by atoms with Crippen molar-refractivity contribution in [3.05, 3.63) is 46.5 Å². The number of hydrogen-bond acceptors (Lipinski definition) is 7. The number of amides is 1. The Balaban J connectivity index is 1.65. The smallest absolute Gasteiger partial charge is 0.338 e. The van der Waals surface area contributed by atoms with Crippen LogP contribution in [-0.2, 0) is 9.53 Å². The first kappa shape index (κ1) is 23.4. The van der Waals surface area contributed by atoms with Gasteiger partial charge >= 0.3 is 5.97 Å². The average molecular weight is 462 g/mol. The van der Waals surface area contributed by atoms with Crippen LogP contribution in [0.4, 0.5) is 5.69 Å². The highest BCUT2D eigenvalue weighted by Gasteiger charge is 2.20. The fourth-order valence-electron chi connectivity index (χ4n) is 2.93. The molecule has 170 valence electrons. The molecule has 2 aromatic rings. The summed E-state index contributed by atoms with van der Waals surface area (Å²) >= 11 is 6.28. The highest BCUT2D eigenvalue weighted by molar-refractivity contribution is 6.32. The number of carbonyl (C=O) groups excluding carboxylic acids is 3. The standard InChI is InChI=1S/C23H24ClNO7/c1-13(2)6-7-30-22-16(24)8-15(10-20(22)29-3)23(28)32-11-18(26)14-4-5-19-17(9-14)25-21(27)12-31-19/h4-5,8-10,13H,6-7,11-12H2,1-3H3,(H,25,27). The zero-order chi connectivity index (χ0) is 23.3. The minimum absolute atomic E-state index is 0.0779. The summed E-state index contributed by atoms with van der Waals surface area (Å²) in [5.74, 6) is 0.0947. The third kappa shape index (κ3) is 5.70. The van der Waals surface area contributed by atoms with Crippen LogP contribution in [0.2, 0.25) is 5.02 Å². The van der Waals surface area contributed by atoms with E-state index >= 15 is 0 Å². The summed E-state index contributed by atoms with van der Waals surface area (Å²) in [7, 11) is 1.44. The van der Waals surface area contributed by atoms with Gasteiger partial charge in [-0.15, -0.1) is 0 Å². The molecule has 0 saturated heterocycles. The second-order valence-corrected chi connectivity index (χ2v) is 7.97. The number of esters is 1. The number of Topliss-reactive ketones (excluding diaryl/α,β-unsaturated/α-hetero) is 1. The van der Waals surface area contributed by atoms with E-state index in [-0.39, 0.29) is 28.7 Å². The van der Waals surface area contributed by atoms with Crippen LogP contribution in [0.5, 0.6) is 17.2 Å². The van der Waals surface area contributed by atoms with Crippen LogP contribution in [0, 0.1) is 5.92 Å². The minimum atomic E-state index is -0.734. The number of anilines is 1. The van der Waals surface area contributed by atoms with Crippen molar-refractivity contribution in [1.82, 2.24) is 0 Å². The lowest BCUT2D eigenvalue weighted by atomic mass is 10.1. The summed E-state index contributed by atoms with van der Waals surface area (Å²) in [6, 6.07) is 7.45. The Kier molecular flexibility index (Phi) is 7.58. The Morgan fingerprint density at radius 3 is 2.69 bits per heavy atom. The lowest BCUT2D eigenvalue weighted by Gasteiger charge is -2.18. The number of ether oxygens (including phenoxy) is 4. The maximum Gasteiger partial charge on any atom is 0.338 e. The van der Waals surface area contributed by atoms with E-state index in [1.165, 1.54) is 31.4 Å². The van der Waals surface area contributed by atoms with Gasteiger partial charge in [0.25, 0.3) is 5.91 Å². The summed E-state index contributed by atoms with van der Waals surface area (Å²) in [6.07, 6.45) is 0.837. The van der Waals surface area contributed by atoms with Crippen LogP contribution in [0.25, 0.3) is 0 Å². The van der Waals surface area contributed by atoms with Crippen molar-refractivity contribution in [3.8, 4) is 17.2 Å². The Morgan fingerprint density at radius 2 is 1.97 bits per heavy atom. The molecule has 9 heteroatoms. The second-order valence-electron chi connectivity index (χ2n) is 7.57. The number of rotatable bonds is 9. The number of carbonyl (C=O) groups is 3. The first-order valence-electron chi connectivity index (χ1n) is 10.1. The maximum atomic E-state index is 12.5. The number of nitrogens with one attached hydrogen (secondary N) is 1. The van der Waals surface area contributed by atoms with Gasteiger partial charge in [-0.2, -0.15) is 0 Å². The van der Waals surface area contributed by atoms with Crippen molar-refractivity contribution in [2.24, 2.45) is 5.92 Å². The molecule has 0 saturated carbocycles. The molecule has 8 nitrogen and oxygen atoms in total. The zero-order valence-electron chi connectivity index (χ0n) is 18.0. The molecule has 0 unspecified atom stereocenters. The van der Waals surface area contributed by atoms with Crippen molar-refractivity contribution in [1.29, 1.82) is 0 Å². The Bertz CT molecular complexity index is 1040. The molecule has 1 aliphatic heterocycles. The fraction of sp³-hybridized carbons (Fsp3) is 0.348. The lowest BCUT2D eigenvalue weighted by molar-refractivity contribution is -0.118. The van der Waals surface area contributed by atoms with E-state index in [0.29, 0.717) is 35.5 Å². The molecule has 0 aromatic heterocycles. The third-order valence-electron chi connectivity index (χ3n) is 4.68. The number of benzene rings is 2. The molecule has 1 heterocycles. The van der Waals surface area contributed by atoms with E-state index in [9.17, 15) is 14.4 Å². The molecule has 0 atom stereocenters. The van der Waals surface area contributed by atoms with E-state index in [1.54, 1.807) is 6.07 Å². The predicted molar refractivity (Wildman–Crippen MR) is 118 cm³/mol. The van der Waals surface area contributed by atoms with Gasteiger partial charge in [0, 0.05) is 5.56 Å². The van der Waals surface area contributed by atoms with Gasteiger partial charge in [-0.3, -0.25) is 9.59 Å². The van der Waals surface area contributed by atoms with Gasteiger partial charge in [0.15, 0.2) is 30.5 Å². The summed E-state index contributed by atoms with van der Waals surface area (Å²) < 4.78 is 21.4. The molecular weight excluding hydrogens is 438 g/mol. The first-order chi connectivity index (χ1) is 15.3. The molecule has 0 spiro atoms. The number of hydrogen-bond donors (Lipinski definition) is 1. The Hall–Kier alpha value is -3.26. The summed E-state index contributed by atoms with van der Waals surface area (Å²) in [5.41, 5.74) is 0.789. The SMILES string of the molecule is COc1cc(C(=O)OCC(=O)c2ccc3c(c2)NC(=O)CO3)cc(Cl)c1OCCC(C)C. The van der Waals surface area contributed by atoms with Gasteiger partial charge in [0.05, 0.1) is 30.0 Å². The van der Waals surface area contributed by atoms with Crippen molar-refractivity contribution in [3.63, 3.8) is 0 Å². The normalized spacial score (nSPS) is 12.5. The van der Waals surface area contributed by atoms with Gasteiger partial charge in [-0.25, -0.2) is 4.79 Å². The Morgan fingerprint density at radius 1 is 1.19 bits per heavy atom. The van der Waals surface area contributed by atoms with Gasteiger partial charge in [-0.1, -0.05) is 25.4 Å². The van der Waals surface area contributed by atoms with Gasteiger partial charge in [0.2, 0.25) is 0 Å². The molecule has 1 amide bonds. The minimum Gasteiger partial charge on any atom is -0.493 e. The van der Waals surface area contributed by atoms with Crippen LogP contribution in [-0.4, -0.2) is 44.6 Å². The summed E-state index contributed by atoms with van der Waals surface area (Å²) in [5, 5.41) is 2.83. The maximum absolute atomic E-state index is 12.5. The molecule has 0 radical (unpaired) electrons. The molecule has 1 aliphatic rings. The highest BCUT2D eigenvalue weighted by atomic mass is 35.5. The van der Waals surface area contributed by atoms with Crippen molar-refractivity contribution in [2.45, 2.75) is 20.3 Å². The molecule has 2 aromatic carbocycles. The van der Waals surface area contributed by atoms with Crippen LogP contribution in [0.3, 0.4) is 0 Å². The van der Waals surface area contributed by atoms with E-state index in [2.05, 4.69) is 19.2 Å². The molecule has 0 fully saturated rings. The molecule has 1 N–H and O–H groups in total. The molecule has 3 rings (SSSR count). The number of halogens is 1. The summed E-state index contributed by atoms with van der Waals surface area (Å²) in [4.78, 5) is 36.4. The average Bonchev–Trinajstić information content (AvgIpc) is 2.77. The number of fused-ring (bicyclic) bond motifs is 1. The van der Waals surface area contributed by atoms with Crippen LogP contribution >= 0.6 is 11.6 Å². The highest BCUT2D eigenvalue weighted by Crippen LogP contribution is 2.37. The first-order valence-corrected chi connectivity index (χ1v) is 10.4. The predicted octanol–water partition coefficient (Wildman–Crippen LogP) is 4.14. The van der Waals surface area contributed by atoms with Crippen molar-refractivity contribution >= 4 is 34.9 Å². The van der Waals surface area contributed by atoms with Crippen LogP contribution in [0.15, 0.2) is 30.3 Å². The van der Waals surface area contributed by atoms with E-state index in [4.69, 9.17) is 30.5 Å². The van der Waals surface area contributed by atoms with E-state index in [0.717, 1.165) is 6.42 Å². The number of methoxy groups -OCH3 is 1. The molecule has 0 bridgehead atoms. The fourth-order valence-corrected chi connectivity index (χ4v) is 3.19. The van der Waals surface area contributed by atoms with E-state index < -0.39 is 18.4 Å². The van der Waals surface area contributed by atoms with Gasteiger partial charge in [0.1, 0.15) is 5.75 Å². The van der Waals surface area contributed by atoms with Crippen molar-refractivity contribution < 1.29 is 33.3 Å². The Labute approximate surface area is 190 Å². The topological polar surface area (TPSA) is 100 Å². The molecule has 32 heavy (non-hydrogen) atoms.